The molecule has 2 amide bonds. The smallest absolute Gasteiger partial charge is 0.343 e. The number of halogens is 1. The second kappa shape index (κ2) is 11.3. The first-order valence-electron chi connectivity index (χ1n) is 11.1. The van der Waals surface area contributed by atoms with Gasteiger partial charge < -0.3 is 10.1 Å². The minimum atomic E-state index is -0.991. The Morgan fingerprint density at radius 3 is 2.69 bits per heavy atom. The Morgan fingerprint density at radius 1 is 1.14 bits per heavy atom. The molecule has 0 saturated heterocycles. The maximum absolute atomic E-state index is 12.6. The molecule has 0 fully saturated rings. The van der Waals surface area contributed by atoms with Crippen molar-refractivity contribution < 1.29 is 19.1 Å². The third-order valence-electron chi connectivity index (χ3n) is 5.63. The highest BCUT2D eigenvalue weighted by Crippen LogP contribution is 2.37. The molecule has 2 aromatic carbocycles. The number of thiophene rings is 1. The topological polar surface area (TPSA) is 121 Å². The maximum Gasteiger partial charge on any atom is 0.343 e. The summed E-state index contributed by atoms with van der Waals surface area (Å²) >= 11 is 4.69. The van der Waals surface area contributed by atoms with Gasteiger partial charge in [-0.2, -0.15) is 10.4 Å². The van der Waals surface area contributed by atoms with Crippen molar-refractivity contribution in [2.45, 2.75) is 32.6 Å². The van der Waals surface area contributed by atoms with E-state index in [4.69, 9.17) is 4.74 Å². The van der Waals surface area contributed by atoms with Crippen LogP contribution in [0, 0.1) is 18.3 Å². The summed E-state index contributed by atoms with van der Waals surface area (Å²) in [5, 5.41) is 16.3. The van der Waals surface area contributed by atoms with E-state index < -0.39 is 17.8 Å². The van der Waals surface area contributed by atoms with Crippen LogP contribution in [0.1, 0.15) is 50.3 Å². The van der Waals surface area contributed by atoms with Gasteiger partial charge in [-0.25, -0.2) is 10.2 Å². The van der Waals surface area contributed by atoms with Crippen molar-refractivity contribution in [1.82, 2.24) is 5.43 Å². The molecule has 0 spiro atoms. The van der Waals surface area contributed by atoms with Crippen LogP contribution < -0.4 is 15.5 Å². The fourth-order valence-electron chi connectivity index (χ4n) is 3.81. The largest absolute Gasteiger partial charge is 0.422 e. The molecule has 0 aliphatic heterocycles. The first-order chi connectivity index (χ1) is 17.4. The number of nitrogens with zero attached hydrogens (tertiary/aromatic N) is 2. The molecule has 1 aromatic heterocycles. The maximum atomic E-state index is 12.6. The van der Waals surface area contributed by atoms with Crippen LogP contribution in [0.25, 0.3) is 0 Å². The van der Waals surface area contributed by atoms with Crippen LogP contribution in [0.3, 0.4) is 0 Å². The van der Waals surface area contributed by atoms with Gasteiger partial charge in [-0.05, 0) is 68.0 Å². The number of ether oxygens (including phenoxy) is 1. The predicted molar refractivity (Wildman–Crippen MR) is 140 cm³/mol. The molecule has 0 saturated carbocycles. The van der Waals surface area contributed by atoms with Crippen LogP contribution in [0.2, 0.25) is 0 Å². The van der Waals surface area contributed by atoms with Crippen molar-refractivity contribution in [1.29, 1.82) is 5.26 Å². The quantitative estimate of drug-likeness (QED) is 0.150. The van der Waals surface area contributed by atoms with E-state index in [1.54, 1.807) is 30.3 Å². The standard InChI is InChI=1S/C26H21BrN4O4S/c1-15-6-2-3-7-18(15)26(34)35-21-11-10-17(27)12-16(21)14-29-31-24(33)23(32)30-25-20(13-28)19-8-4-5-9-22(19)36-25/h2-3,6-7,10-12,14H,4-5,8-9H2,1H3,(H,30,32)(H,31,33). The molecule has 2 N–H and O–H groups in total. The Morgan fingerprint density at radius 2 is 1.92 bits per heavy atom. The zero-order chi connectivity index (χ0) is 25.7. The number of fused-ring (bicyclic) bond motifs is 1. The number of amides is 2. The molecule has 0 atom stereocenters. The Kier molecular flexibility index (Phi) is 7.93. The summed E-state index contributed by atoms with van der Waals surface area (Å²) in [5.41, 5.74) is 5.18. The molecule has 182 valence electrons. The number of aryl methyl sites for hydroxylation is 2. The lowest BCUT2D eigenvalue weighted by Gasteiger charge is -2.09. The molecule has 10 heteroatoms. The van der Waals surface area contributed by atoms with E-state index in [1.807, 2.05) is 19.1 Å². The number of anilines is 1. The molecule has 0 bridgehead atoms. The average Bonchev–Trinajstić information content (AvgIpc) is 3.22. The van der Waals surface area contributed by atoms with E-state index in [0.717, 1.165) is 41.7 Å². The van der Waals surface area contributed by atoms with E-state index in [1.165, 1.54) is 17.6 Å². The summed E-state index contributed by atoms with van der Waals surface area (Å²) in [4.78, 5) is 38.4. The Balaban J connectivity index is 1.43. The van der Waals surface area contributed by atoms with Crippen LogP contribution in [0.5, 0.6) is 5.75 Å². The SMILES string of the molecule is Cc1ccccc1C(=O)Oc1ccc(Br)cc1C=NNC(=O)C(=O)Nc1sc2c(c1C#N)CCCC2. The Labute approximate surface area is 220 Å². The highest BCUT2D eigenvalue weighted by Gasteiger charge is 2.23. The first-order valence-corrected chi connectivity index (χ1v) is 12.7. The number of carbonyl (C=O) groups excluding carboxylic acids is 3. The molecule has 3 aromatic rings. The van der Waals surface area contributed by atoms with E-state index in [2.05, 4.69) is 37.8 Å². The van der Waals surface area contributed by atoms with Crippen LogP contribution in [-0.2, 0) is 22.4 Å². The van der Waals surface area contributed by atoms with Crippen molar-refractivity contribution in [3.8, 4) is 11.8 Å². The van der Waals surface area contributed by atoms with Crippen molar-refractivity contribution >= 4 is 56.3 Å². The summed E-state index contributed by atoms with van der Waals surface area (Å²) in [7, 11) is 0. The number of esters is 1. The number of carbonyl (C=O) groups is 3. The van der Waals surface area contributed by atoms with Gasteiger partial charge in [-0.3, -0.25) is 9.59 Å². The molecule has 1 heterocycles. The summed E-state index contributed by atoms with van der Waals surface area (Å²) in [6.45, 7) is 1.81. The van der Waals surface area contributed by atoms with Crippen LogP contribution >= 0.6 is 27.3 Å². The van der Waals surface area contributed by atoms with Gasteiger partial charge in [0.1, 0.15) is 16.8 Å². The van der Waals surface area contributed by atoms with Gasteiger partial charge in [0, 0.05) is 14.9 Å². The van der Waals surface area contributed by atoms with E-state index in [-0.39, 0.29) is 5.75 Å². The van der Waals surface area contributed by atoms with Gasteiger partial charge in [-0.1, -0.05) is 34.1 Å². The highest BCUT2D eigenvalue weighted by atomic mass is 79.9. The van der Waals surface area contributed by atoms with Gasteiger partial charge in [0.2, 0.25) is 0 Å². The van der Waals surface area contributed by atoms with Crippen molar-refractivity contribution in [3.63, 3.8) is 0 Å². The number of hydrogen-bond acceptors (Lipinski definition) is 7. The molecule has 36 heavy (non-hydrogen) atoms. The Bertz CT molecular complexity index is 1420. The van der Waals surface area contributed by atoms with Crippen LogP contribution in [-0.4, -0.2) is 24.0 Å². The monoisotopic (exact) mass is 564 g/mol. The zero-order valence-corrected chi connectivity index (χ0v) is 21.7. The normalized spacial score (nSPS) is 12.5. The van der Waals surface area contributed by atoms with Gasteiger partial charge in [-0.15, -0.1) is 11.3 Å². The highest BCUT2D eigenvalue weighted by molar-refractivity contribution is 9.10. The summed E-state index contributed by atoms with van der Waals surface area (Å²) < 4.78 is 6.25. The van der Waals surface area contributed by atoms with Crippen molar-refractivity contribution in [3.05, 3.63) is 79.6 Å². The van der Waals surface area contributed by atoms with Crippen molar-refractivity contribution in [2.24, 2.45) is 5.10 Å². The number of nitriles is 1. The fraction of sp³-hybridized carbons (Fsp3) is 0.192. The number of nitrogens with one attached hydrogen (secondary N) is 2. The molecular formula is C26H21BrN4O4S. The van der Waals surface area contributed by atoms with E-state index >= 15 is 0 Å². The molecule has 0 radical (unpaired) electrons. The predicted octanol–water partition coefficient (Wildman–Crippen LogP) is 4.88. The average molecular weight is 565 g/mol. The lowest BCUT2D eigenvalue weighted by molar-refractivity contribution is -0.136. The lowest BCUT2D eigenvalue weighted by atomic mass is 9.96. The minimum absolute atomic E-state index is 0.233. The summed E-state index contributed by atoms with van der Waals surface area (Å²) in [6, 6.07) is 14.2. The molecule has 1 aliphatic rings. The molecule has 8 nitrogen and oxygen atoms in total. The second-order valence-corrected chi connectivity index (χ2v) is 10.1. The van der Waals surface area contributed by atoms with Gasteiger partial charge in [0.25, 0.3) is 0 Å². The van der Waals surface area contributed by atoms with E-state index in [9.17, 15) is 19.6 Å². The third-order valence-corrected chi connectivity index (χ3v) is 7.33. The van der Waals surface area contributed by atoms with E-state index in [0.29, 0.717) is 26.2 Å². The number of rotatable bonds is 5. The number of hydrogen-bond donors (Lipinski definition) is 2. The summed E-state index contributed by atoms with van der Waals surface area (Å²) in [5.74, 6) is -2.21. The number of benzene rings is 2. The zero-order valence-electron chi connectivity index (χ0n) is 19.3. The lowest BCUT2D eigenvalue weighted by Crippen LogP contribution is -2.32. The minimum Gasteiger partial charge on any atom is -0.422 e. The first kappa shape index (κ1) is 25.3. The Hall–Kier alpha value is -3.81. The molecule has 0 unspecified atom stereocenters. The van der Waals surface area contributed by atoms with Gasteiger partial charge in [0.15, 0.2) is 0 Å². The molecular weight excluding hydrogens is 544 g/mol. The summed E-state index contributed by atoms with van der Waals surface area (Å²) in [6.07, 6.45) is 4.98. The van der Waals surface area contributed by atoms with Crippen LogP contribution in [0.4, 0.5) is 5.00 Å². The third kappa shape index (κ3) is 5.70. The molecule has 4 rings (SSSR count). The molecule has 1 aliphatic carbocycles. The van der Waals surface area contributed by atoms with Crippen molar-refractivity contribution in [2.75, 3.05) is 5.32 Å². The van der Waals surface area contributed by atoms with Gasteiger partial charge >= 0.3 is 17.8 Å². The van der Waals surface area contributed by atoms with Crippen LogP contribution in [0.15, 0.2) is 52.0 Å². The second-order valence-electron chi connectivity index (χ2n) is 8.07. The fourth-order valence-corrected chi connectivity index (χ4v) is 5.43. The van der Waals surface area contributed by atoms with Gasteiger partial charge in [0.05, 0.1) is 17.3 Å². The number of hydrazone groups is 1.